The molecule has 3 N–H and O–H groups in total. The van der Waals surface area contributed by atoms with Crippen LogP contribution in [0.15, 0.2) is 0 Å². The monoisotopic (exact) mass is 243 g/mol. The lowest BCUT2D eigenvalue weighted by Crippen LogP contribution is -2.14. The van der Waals surface area contributed by atoms with Crippen LogP contribution in [0, 0.1) is 0 Å². The van der Waals surface area contributed by atoms with Crippen molar-refractivity contribution in [3.63, 3.8) is 0 Å². The lowest BCUT2D eigenvalue weighted by molar-refractivity contribution is 0.107. The molecule has 1 fully saturated rings. The maximum Gasteiger partial charge on any atom is 0.228 e. The molecule has 0 amide bonds. The Kier molecular flexibility index (Phi) is 3.74. The number of hydrogen-bond acceptors (Lipinski definition) is 6. The van der Waals surface area contributed by atoms with Crippen LogP contribution in [-0.2, 0) is 4.74 Å². The predicted octanol–water partition coefficient (Wildman–Crippen LogP) is 1.09. The van der Waals surface area contributed by atoms with Crippen LogP contribution in [0.3, 0.4) is 0 Å². The Bertz CT molecular complexity index is 336. The molecule has 0 aliphatic carbocycles. The van der Waals surface area contributed by atoms with Gasteiger partial charge in [-0.1, -0.05) is 0 Å². The molecule has 2 rings (SSSR count). The van der Waals surface area contributed by atoms with Crippen LogP contribution < -0.4 is 11.1 Å². The molecule has 1 aliphatic rings. The van der Waals surface area contributed by atoms with Gasteiger partial charge in [0.05, 0.1) is 6.10 Å². The summed E-state index contributed by atoms with van der Waals surface area (Å²) in [6.07, 6.45) is 3.56. The normalized spacial score (nSPS) is 19.9. The molecule has 0 spiro atoms. The maximum atomic E-state index is 5.65. The summed E-state index contributed by atoms with van der Waals surface area (Å²) < 4.78 is 5.49. The van der Waals surface area contributed by atoms with Gasteiger partial charge in [0.15, 0.2) is 0 Å². The van der Waals surface area contributed by atoms with Gasteiger partial charge in [0.1, 0.15) is 0 Å². The van der Waals surface area contributed by atoms with Crippen LogP contribution in [0.5, 0.6) is 0 Å². The Morgan fingerprint density at radius 1 is 1.44 bits per heavy atom. The maximum absolute atomic E-state index is 5.65. The summed E-state index contributed by atoms with van der Waals surface area (Å²) in [7, 11) is 0. The van der Waals surface area contributed by atoms with E-state index in [0.717, 1.165) is 32.4 Å². The van der Waals surface area contributed by atoms with Crippen LogP contribution in [0.25, 0.3) is 0 Å². The van der Waals surface area contributed by atoms with Gasteiger partial charge < -0.3 is 15.8 Å². The molecule has 0 aromatic carbocycles. The number of nitrogens with one attached hydrogen (secondary N) is 1. The number of aromatic nitrogens is 3. The van der Waals surface area contributed by atoms with E-state index >= 15 is 0 Å². The number of anilines is 2. The van der Waals surface area contributed by atoms with Gasteiger partial charge in [-0.25, -0.2) is 0 Å². The fourth-order valence-electron chi connectivity index (χ4n) is 1.66. The minimum atomic E-state index is 0.104. The molecule has 6 nitrogen and oxygen atoms in total. The highest BCUT2D eigenvalue weighted by atomic mass is 35.5. The Morgan fingerprint density at radius 3 is 3.00 bits per heavy atom. The molecule has 1 aromatic heterocycles. The second-order valence-corrected chi connectivity index (χ2v) is 3.97. The summed E-state index contributed by atoms with van der Waals surface area (Å²) in [6.45, 7) is 1.61. The number of hydrogen-bond donors (Lipinski definition) is 2. The molecule has 7 heteroatoms. The number of nitrogens with zero attached hydrogens (tertiary/aromatic N) is 3. The summed E-state index contributed by atoms with van der Waals surface area (Å²) in [6, 6.07) is 0. The van der Waals surface area contributed by atoms with E-state index in [1.165, 1.54) is 0 Å². The van der Waals surface area contributed by atoms with Crippen molar-refractivity contribution >= 4 is 23.5 Å². The van der Waals surface area contributed by atoms with Crippen molar-refractivity contribution in [3.05, 3.63) is 5.28 Å². The van der Waals surface area contributed by atoms with Crippen LogP contribution in [0.2, 0.25) is 5.28 Å². The zero-order valence-electron chi connectivity index (χ0n) is 8.82. The lowest BCUT2D eigenvalue weighted by atomic mass is 10.2. The number of halogens is 1. The first kappa shape index (κ1) is 11.3. The van der Waals surface area contributed by atoms with Crippen molar-refractivity contribution < 1.29 is 4.74 Å². The van der Waals surface area contributed by atoms with E-state index in [4.69, 9.17) is 22.1 Å². The van der Waals surface area contributed by atoms with Crippen molar-refractivity contribution in [2.24, 2.45) is 0 Å². The van der Waals surface area contributed by atoms with E-state index in [2.05, 4.69) is 20.3 Å². The fourth-order valence-corrected chi connectivity index (χ4v) is 1.83. The Morgan fingerprint density at radius 2 is 2.31 bits per heavy atom. The number of rotatable bonds is 4. The number of nitrogens with two attached hydrogens (primary N) is 1. The summed E-state index contributed by atoms with van der Waals surface area (Å²) in [5.41, 5.74) is 5.44. The first-order valence-electron chi connectivity index (χ1n) is 5.26. The molecular weight excluding hydrogens is 230 g/mol. The Hall–Kier alpha value is -1.14. The zero-order valence-corrected chi connectivity index (χ0v) is 9.57. The van der Waals surface area contributed by atoms with Crippen LogP contribution in [-0.4, -0.2) is 34.2 Å². The smallest absolute Gasteiger partial charge is 0.228 e. The van der Waals surface area contributed by atoms with Gasteiger partial charge in [0, 0.05) is 13.2 Å². The SMILES string of the molecule is Nc1nc(Cl)nc(NCCC2CCCO2)n1. The fraction of sp³-hybridized carbons (Fsp3) is 0.667. The molecular formula is C9H14ClN5O. The van der Waals surface area contributed by atoms with E-state index in [1.54, 1.807) is 0 Å². The lowest BCUT2D eigenvalue weighted by Gasteiger charge is -2.09. The summed E-state index contributed by atoms with van der Waals surface area (Å²) in [5.74, 6) is 0.537. The Balaban J connectivity index is 1.80. The van der Waals surface area contributed by atoms with Crippen molar-refractivity contribution in [3.8, 4) is 0 Å². The highest BCUT2D eigenvalue weighted by Crippen LogP contribution is 2.15. The van der Waals surface area contributed by atoms with Crippen LogP contribution >= 0.6 is 11.6 Å². The van der Waals surface area contributed by atoms with Crippen molar-refractivity contribution in [2.75, 3.05) is 24.2 Å². The van der Waals surface area contributed by atoms with E-state index in [1.807, 2.05) is 0 Å². The van der Waals surface area contributed by atoms with Crippen molar-refractivity contribution in [2.45, 2.75) is 25.4 Å². The third kappa shape index (κ3) is 3.18. The summed E-state index contributed by atoms with van der Waals surface area (Å²) in [5, 5.41) is 3.15. The number of ether oxygens (including phenoxy) is 1. The van der Waals surface area contributed by atoms with Gasteiger partial charge in [-0.15, -0.1) is 0 Å². The van der Waals surface area contributed by atoms with E-state index in [0.29, 0.717) is 12.1 Å². The van der Waals surface area contributed by atoms with Gasteiger partial charge >= 0.3 is 0 Å². The largest absolute Gasteiger partial charge is 0.378 e. The molecule has 1 aromatic rings. The molecule has 2 heterocycles. The van der Waals surface area contributed by atoms with Gasteiger partial charge in [0.2, 0.25) is 17.2 Å². The molecule has 16 heavy (non-hydrogen) atoms. The summed E-state index contributed by atoms with van der Waals surface area (Å²) >= 11 is 5.65. The second-order valence-electron chi connectivity index (χ2n) is 3.64. The minimum Gasteiger partial charge on any atom is -0.378 e. The molecule has 0 saturated carbocycles. The first-order chi connectivity index (χ1) is 7.74. The van der Waals surface area contributed by atoms with Crippen molar-refractivity contribution in [1.82, 2.24) is 15.0 Å². The van der Waals surface area contributed by atoms with Crippen molar-refractivity contribution in [1.29, 1.82) is 0 Å². The molecule has 1 aliphatic heterocycles. The van der Waals surface area contributed by atoms with E-state index in [-0.39, 0.29) is 11.2 Å². The second kappa shape index (κ2) is 5.27. The quantitative estimate of drug-likeness (QED) is 0.823. The third-order valence-electron chi connectivity index (χ3n) is 2.40. The highest BCUT2D eigenvalue weighted by molar-refractivity contribution is 6.28. The number of nitrogen functional groups attached to an aromatic ring is 1. The zero-order chi connectivity index (χ0) is 11.4. The van der Waals surface area contributed by atoms with E-state index < -0.39 is 0 Å². The highest BCUT2D eigenvalue weighted by Gasteiger charge is 2.14. The third-order valence-corrected chi connectivity index (χ3v) is 2.57. The average molecular weight is 244 g/mol. The van der Waals surface area contributed by atoms with Crippen LogP contribution in [0.4, 0.5) is 11.9 Å². The predicted molar refractivity (Wildman–Crippen MR) is 61.3 cm³/mol. The molecule has 0 bridgehead atoms. The summed E-state index contributed by atoms with van der Waals surface area (Å²) in [4.78, 5) is 11.5. The molecule has 1 saturated heterocycles. The molecule has 1 atom stereocenters. The molecule has 88 valence electrons. The molecule has 1 unspecified atom stereocenters. The standard InChI is InChI=1S/C9H14ClN5O/c10-7-13-8(11)15-9(14-7)12-4-3-6-2-1-5-16-6/h6H,1-5H2,(H3,11,12,13,14,15). The van der Waals surface area contributed by atoms with Crippen LogP contribution in [0.1, 0.15) is 19.3 Å². The van der Waals surface area contributed by atoms with Gasteiger partial charge in [-0.2, -0.15) is 15.0 Å². The van der Waals surface area contributed by atoms with E-state index in [9.17, 15) is 0 Å². The van der Waals surface area contributed by atoms with Gasteiger partial charge in [0.25, 0.3) is 0 Å². The first-order valence-corrected chi connectivity index (χ1v) is 5.64. The van der Waals surface area contributed by atoms with Gasteiger partial charge in [-0.05, 0) is 30.9 Å². The topological polar surface area (TPSA) is 86.0 Å². The Labute approximate surface area is 98.6 Å². The van der Waals surface area contributed by atoms with Gasteiger partial charge in [-0.3, -0.25) is 0 Å². The molecule has 0 radical (unpaired) electrons. The minimum absolute atomic E-state index is 0.104. The average Bonchev–Trinajstić information content (AvgIpc) is 2.69.